The summed E-state index contributed by atoms with van der Waals surface area (Å²) in [4.78, 5) is 24.3. The van der Waals surface area contributed by atoms with Gasteiger partial charge in [0.05, 0.1) is 17.9 Å². The van der Waals surface area contributed by atoms with Crippen molar-refractivity contribution < 1.29 is 19.1 Å². The third-order valence-corrected chi connectivity index (χ3v) is 4.54. The quantitative estimate of drug-likeness (QED) is 0.598. The van der Waals surface area contributed by atoms with Gasteiger partial charge < -0.3 is 9.47 Å². The second-order valence-corrected chi connectivity index (χ2v) is 7.34. The maximum absolute atomic E-state index is 12.5. The summed E-state index contributed by atoms with van der Waals surface area (Å²) in [5, 5.41) is 4.39. The van der Waals surface area contributed by atoms with E-state index in [9.17, 15) is 9.59 Å². The molecule has 2 rings (SSSR count). The van der Waals surface area contributed by atoms with Crippen molar-refractivity contribution in [2.75, 3.05) is 13.2 Å². The number of ether oxygens (including phenoxy) is 2. The minimum atomic E-state index is -0.360. The van der Waals surface area contributed by atoms with E-state index in [1.807, 2.05) is 20.8 Å². The Morgan fingerprint density at radius 1 is 1.14 bits per heavy atom. The zero-order valence-corrected chi connectivity index (χ0v) is 17.4. The van der Waals surface area contributed by atoms with Gasteiger partial charge in [0.1, 0.15) is 5.75 Å². The molecule has 0 radical (unpaired) electrons. The fourth-order valence-corrected chi connectivity index (χ4v) is 2.88. The van der Waals surface area contributed by atoms with Crippen LogP contribution in [0, 0.1) is 19.8 Å². The lowest BCUT2D eigenvalue weighted by atomic mass is 10.0. The molecule has 0 N–H and O–H groups in total. The Hall–Kier alpha value is -2.63. The van der Waals surface area contributed by atoms with Crippen molar-refractivity contribution in [1.29, 1.82) is 0 Å². The van der Waals surface area contributed by atoms with Crippen molar-refractivity contribution in [3.63, 3.8) is 0 Å². The summed E-state index contributed by atoms with van der Waals surface area (Å²) in [5.74, 6) is 0.536. The number of hydrogen-bond acceptors (Lipinski definition) is 5. The molecule has 6 heteroatoms. The second-order valence-electron chi connectivity index (χ2n) is 7.34. The van der Waals surface area contributed by atoms with Crippen LogP contribution in [0.4, 0.5) is 0 Å². The molecule has 0 spiro atoms. The molecule has 152 valence electrons. The first kappa shape index (κ1) is 21.7. The minimum absolute atomic E-state index is 0.120. The van der Waals surface area contributed by atoms with E-state index in [0.717, 1.165) is 36.2 Å². The SMILES string of the molecule is CCCOC(=O)c1ccc(OCC(=O)n2nc(C)c(CCC(C)C)c2C)cc1. The predicted molar refractivity (Wildman–Crippen MR) is 108 cm³/mol. The summed E-state index contributed by atoms with van der Waals surface area (Å²) in [6.45, 7) is 10.4. The summed E-state index contributed by atoms with van der Waals surface area (Å²) < 4.78 is 12.1. The maximum atomic E-state index is 12.5. The van der Waals surface area contributed by atoms with Crippen molar-refractivity contribution in [2.24, 2.45) is 5.92 Å². The van der Waals surface area contributed by atoms with E-state index in [0.29, 0.717) is 23.8 Å². The first-order valence-electron chi connectivity index (χ1n) is 9.81. The largest absolute Gasteiger partial charge is 0.484 e. The van der Waals surface area contributed by atoms with E-state index in [1.165, 1.54) is 4.68 Å². The molecule has 0 saturated heterocycles. The van der Waals surface area contributed by atoms with Gasteiger partial charge >= 0.3 is 5.97 Å². The number of nitrogens with zero attached hydrogens (tertiary/aromatic N) is 2. The molecular formula is C22H30N2O4. The molecule has 0 fully saturated rings. The Bertz CT molecular complexity index is 807. The zero-order chi connectivity index (χ0) is 20.7. The standard InChI is InChI=1S/C22H30N2O4/c1-6-13-27-22(26)18-8-10-19(11-9-18)28-14-21(25)24-17(5)20(16(4)23-24)12-7-15(2)3/h8-11,15H,6-7,12-14H2,1-5H3. The third-order valence-electron chi connectivity index (χ3n) is 4.54. The van der Waals surface area contributed by atoms with Crippen LogP contribution < -0.4 is 4.74 Å². The summed E-state index contributed by atoms with van der Waals surface area (Å²) >= 11 is 0. The summed E-state index contributed by atoms with van der Waals surface area (Å²) in [6, 6.07) is 6.58. The number of aryl methyl sites for hydroxylation is 1. The zero-order valence-electron chi connectivity index (χ0n) is 17.4. The first-order valence-corrected chi connectivity index (χ1v) is 9.81. The highest BCUT2D eigenvalue weighted by molar-refractivity contribution is 5.89. The predicted octanol–water partition coefficient (Wildman–Crippen LogP) is 4.37. The van der Waals surface area contributed by atoms with Crippen LogP contribution in [0.1, 0.15) is 65.7 Å². The molecule has 28 heavy (non-hydrogen) atoms. The minimum Gasteiger partial charge on any atom is -0.484 e. The average Bonchev–Trinajstić information content (AvgIpc) is 2.96. The number of rotatable bonds is 9. The van der Waals surface area contributed by atoms with Crippen molar-refractivity contribution in [3.8, 4) is 5.75 Å². The van der Waals surface area contributed by atoms with Crippen LogP contribution in [0.15, 0.2) is 24.3 Å². The smallest absolute Gasteiger partial charge is 0.338 e. The average molecular weight is 386 g/mol. The number of aromatic nitrogens is 2. The molecule has 0 atom stereocenters. The number of benzene rings is 1. The second kappa shape index (κ2) is 10.1. The highest BCUT2D eigenvalue weighted by Gasteiger charge is 2.17. The van der Waals surface area contributed by atoms with Gasteiger partial charge in [-0.2, -0.15) is 5.10 Å². The highest BCUT2D eigenvalue weighted by atomic mass is 16.5. The van der Waals surface area contributed by atoms with Gasteiger partial charge in [0, 0.05) is 5.69 Å². The maximum Gasteiger partial charge on any atom is 0.338 e. The number of esters is 1. The van der Waals surface area contributed by atoms with Gasteiger partial charge in [0.25, 0.3) is 5.91 Å². The van der Waals surface area contributed by atoms with Crippen molar-refractivity contribution >= 4 is 11.9 Å². The third kappa shape index (κ3) is 5.68. The highest BCUT2D eigenvalue weighted by Crippen LogP contribution is 2.18. The van der Waals surface area contributed by atoms with Gasteiger partial charge in [0.2, 0.25) is 0 Å². The first-order chi connectivity index (χ1) is 13.3. The number of carbonyl (C=O) groups is 2. The topological polar surface area (TPSA) is 70.4 Å². The van der Waals surface area contributed by atoms with Crippen LogP contribution in [0.25, 0.3) is 0 Å². The van der Waals surface area contributed by atoms with E-state index in [-0.39, 0.29) is 18.5 Å². The lowest BCUT2D eigenvalue weighted by Gasteiger charge is -2.08. The van der Waals surface area contributed by atoms with Crippen LogP contribution in [-0.2, 0) is 11.2 Å². The molecule has 0 amide bonds. The molecule has 0 saturated carbocycles. The van der Waals surface area contributed by atoms with Crippen molar-refractivity contribution in [3.05, 3.63) is 46.8 Å². The molecule has 0 bridgehead atoms. The fourth-order valence-electron chi connectivity index (χ4n) is 2.88. The van der Waals surface area contributed by atoms with E-state index in [4.69, 9.17) is 9.47 Å². The van der Waals surface area contributed by atoms with E-state index in [1.54, 1.807) is 24.3 Å². The van der Waals surface area contributed by atoms with E-state index in [2.05, 4.69) is 18.9 Å². The van der Waals surface area contributed by atoms with Crippen LogP contribution in [0.5, 0.6) is 5.75 Å². The van der Waals surface area contributed by atoms with Crippen LogP contribution in [0.3, 0.4) is 0 Å². The van der Waals surface area contributed by atoms with Crippen LogP contribution in [0.2, 0.25) is 0 Å². The molecule has 0 unspecified atom stereocenters. The summed E-state index contributed by atoms with van der Waals surface area (Å²) in [6.07, 6.45) is 2.75. The Balaban J connectivity index is 1.97. The molecule has 0 aliphatic rings. The van der Waals surface area contributed by atoms with Gasteiger partial charge in [0.15, 0.2) is 6.61 Å². The van der Waals surface area contributed by atoms with Gasteiger partial charge in [-0.1, -0.05) is 20.8 Å². The van der Waals surface area contributed by atoms with Crippen LogP contribution in [-0.4, -0.2) is 34.9 Å². The lowest BCUT2D eigenvalue weighted by molar-refractivity contribution is 0.0504. The molecule has 6 nitrogen and oxygen atoms in total. The summed E-state index contributed by atoms with van der Waals surface area (Å²) in [5.41, 5.74) is 3.36. The molecule has 0 aliphatic carbocycles. The molecule has 0 aliphatic heterocycles. The molecule has 1 heterocycles. The number of hydrogen-bond donors (Lipinski definition) is 0. The monoisotopic (exact) mass is 386 g/mol. The van der Waals surface area contributed by atoms with Gasteiger partial charge in [-0.15, -0.1) is 0 Å². The summed E-state index contributed by atoms with van der Waals surface area (Å²) in [7, 11) is 0. The van der Waals surface area contributed by atoms with Gasteiger partial charge in [-0.25, -0.2) is 9.48 Å². The molecule has 1 aromatic heterocycles. The van der Waals surface area contributed by atoms with Gasteiger partial charge in [-0.05, 0) is 68.9 Å². The Morgan fingerprint density at radius 3 is 2.43 bits per heavy atom. The van der Waals surface area contributed by atoms with E-state index >= 15 is 0 Å². The lowest BCUT2D eigenvalue weighted by Crippen LogP contribution is -2.21. The Morgan fingerprint density at radius 2 is 1.82 bits per heavy atom. The van der Waals surface area contributed by atoms with Crippen LogP contribution >= 0.6 is 0 Å². The Labute approximate surface area is 166 Å². The van der Waals surface area contributed by atoms with E-state index < -0.39 is 0 Å². The molecule has 1 aromatic carbocycles. The number of carbonyl (C=O) groups excluding carboxylic acids is 2. The normalized spacial score (nSPS) is 10.9. The Kier molecular flexibility index (Phi) is 7.79. The van der Waals surface area contributed by atoms with Gasteiger partial charge in [-0.3, -0.25) is 4.79 Å². The molecule has 2 aromatic rings. The van der Waals surface area contributed by atoms with Crippen molar-refractivity contribution in [2.45, 2.75) is 53.9 Å². The molecular weight excluding hydrogens is 356 g/mol. The van der Waals surface area contributed by atoms with Crippen molar-refractivity contribution in [1.82, 2.24) is 9.78 Å². The fraction of sp³-hybridized carbons (Fsp3) is 0.500.